The molecule has 1 aromatic rings. The highest BCUT2D eigenvalue weighted by molar-refractivity contribution is 5.77. The Balaban J connectivity index is 1.08. The minimum absolute atomic E-state index is 0.0103. The van der Waals surface area contributed by atoms with E-state index in [1.807, 2.05) is 0 Å². The van der Waals surface area contributed by atoms with E-state index in [0.29, 0.717) is 17.8 Å². The van der Waals surface area contributed by atoms with Gasteiger partial charge in [0.2, 0.25) is 0 Å². The predicted molar refractivity (Wildman–Crippen MR) is 129 cm³/mol. The van der Waals surface area contributed by atoms with E-state index in [2.05, 4.69) is 66.1 Å². The Morgan fingerprint density at radius 1 is 1.03 bits per heavy atom. The Morgan fingerprint density at radius 3 is 2.58 bits per heavy atom. The van der Waals surface area contributed by atoms with Crippen LogP contribution in [0.2, 0.25) is 0 Å². The molecule has 7 atom stereocenters. The Bertz CT molecular complexity index is 911. The molecule has 0 N–H and O–H groups in total. The third-order valence-corrected chi connectivity index (χ3v) is 9.48. The normalized spacial score (nSPS) is 43.1. The van der Waals surface area contributed by atoms with E-state index in [1.165, 1.54) is 12.0 Å². The van der Waals surface area contributed by atoms with Crippen LogP contribution in [0.15, 0.2) is 36.4 Å². The van der Waals surface area contributed by atoms with Crippen molar-refractivity contribution < 1.29 is 14.3 Å². The van der Waals surface area contributed by atoms with Crippen molar-refractivity contribution in [2.45, 2.75) is 56.8 Å². The minimum Gasteiger partial charge on any atom is -0.455 e. The second kappa shape index (κ2) is 8.21. The van der Waals surface area contributed by atoms with E-state index in [1.54, 1.807) is 0 Å². The van der Waals surface area contributed by atoms with Gasteiger partial charge in [-0.15, -0.1) is 0 Å². The van der Waals surface area contributed by atoms with E-state index in [0.717, 1.165) is 58.5 Å². The largest absolute Gasteiger partial charge is 0.455 e. The summed E-state index contributed by atoms with van der Waals surface area (Å²) in [5.74, 6) is 1.47. The lowest BCUT2D eigenvalue weighted by Crippen LogP contribution is -2.58. The number of esters is 1. The van der Waals surface area contributed by atoms with Crippen LogP contribution in [0.3, 0.4) is 0 Å². The molecule has 5 fully saturated rings. The Labute approximate surface area is 198 Å². The number of rotatable bonds is 5. The molecule has 5 nitrogen and oxygen atoms in total. The van der Waals surface area contributed by atoms with Crippen LogP contribution >= 0.6 is 0 Å². The molecule has 2 aliphatic carbocycles. The molecule has 3 aliphatic heterocycles. The van der Waals surface area contributed by atoms with Gasteiger partial charge < -0.3 is 9.47 Å². The number of carbonyl (C=O) groups excluding carboxylic acids is 1. The van der Waals surface area contributed by atoms with Gasteiger partial charge in [0, 0.05) is 51.1 Å². The molecule has 6 rings (SSSR count). The van der Waals surface area contributed by atoms with Gasteiger partial charge in [-0.2, -0.15) is 0 Å². The SMILES string of the molecule is CC1CCC2C(CN3CCN(CC=Cc4ccccc4)CC3)C(=O)OC23C1CCC1(C)OC13. The van der Waals surface area contributed by atoms with Crippen LogP contribution in [0.4, 0.5) is 0 Å². The monoisotopic (exact) mass is 450 g/mol. The van der Waals surface area contributed by atoms with Crippen LogP contribution in [-0.2, 0) is 14.3 Å². The van der Waals surface area contributed by atoms with Crippen molar-refractivity contribution in [2.75, 3.05) is 39.3 Å². The molecule has 5 aliphatic rings. The van der Waals surface area contributed by atoms with Gasteiger partial charge in [-0.05, 0) is 44.1 Å². The summed E-state index contributed by atoms with van der Waals surface area (Å²) in [6.07, 6.45) is 9.17. The Hall–Kier alpha value is -1.69. The number of fused-ring (bicyclic) bond motifs is 1. The van der Waals surface area contributed by atoms with E-state index in [9.17, 15) is 4.79 Å². The zero-order chi connectivity index (χ0) is 22.6. The maximum Gasteiger partial charge on any atom is 0.311 e. The molecule has 7 unspecified atom stereocenters. The lowest BCUT2D eigenvalue weighted by Gasteiger charge is -2.50. The van der Waals surface area contributed by atoms with Gasteiger partial charge in [0.25, 0.3) is 0 Å². The van der Waals surface area contributed by atoms with Gasteiger partial charge in [-0.1, -0.05) is 49.4 Å². The highest BCUT2D eigenvalue weighted by atomic mass is 16.7. The number of ether oxygens (including phenoxy) is 2. The molecule has 0 amide bonds. The van der Waals surface area contributed by atoms with Crippen molar-refractivity contribution in [1.29, 1.82) is 0 Å². The summed E-state index contributed by atoms with van der Waals surface area (Å²) < 4.78 is 12.7. The summed E-state index contributed by atoms with van der Waals surface area (Å²) in [6.45, 7) is 10.6. The van der Waals surface area contributed by atoms with E-state index >= 15 is 0 Å². The quantitative estimate of drug-likeness (QED) is 0.504. The fraction of sp³-hybridized carbons (Fsp3) is 0.679. The fourth-order valence-corrected chi connectivity index (χ4v) is 7.60. The van der Waals surface area contributed by atoms with Crippen molar-refractivity contribution in [3.05, 3.63) is 42.0 Å². The molecule has 2 saturated carbocycles. The van der Waals surface area contributed by atoms with Crippen molar-refractivity contribution in [2.24, 2.45) is 23.7 Å². The molecule has 3 saturated heterocycles. The van der Waals surface area contributed by atoms with Gasteiger partial charge in [0.1, 0.15) is 11.7 Å². The van der Waals surface area contributed by atoms with E-state index < -0.39 is 0 Å². The average Bonchev–Trinajstić information content (AvgIpc) is 3.45. The summed E-state index contributed by atoms with van der Waals surface area (Å²) in [4.78, 5) is 18.3. The summed E-state index contributed by atoms with van der Waals surface area (Å²) in [6, 6.07) is 10.5. The van der Waals surface area contributed by atoms with Crippen LogP contribution in [-0.4, -0.2) is 72.3 Å². The lowest BCUT2D eigenvalue weighted by molar-refractivity contribution is -0.168. The fourth-order valence-electron chi connectivity index (χ4n) is 7.60. The molecule has 5 heteroatoms. The summed E-state index contributed by atoms with van der Waals surface area (Å²) in [7, 11) is 0. The zero-order valence-electron chi connectivity index (χ0n) is 20.1. The molecule has 1 aromatic carbocycles. The van der Waals surface area contributed by atoms with Gasteiger partial charge >= 0.3 is 5.97 Å². The second-order valence-corrected chi connectivity index (χ2v) is 11.4. The van der Waals surface area contributed by atoms with Gasteiger partial charge in [-0.25, -0.2) is 0 Å². The van der Waals surface area contributed by atoms with Crippen molar-refractivity contribution >= 4 is 12.0 Å². The Kier molecular flexibility index (Phi) is 5.43. The van der Waals surface area contributed by atoms with Crippen LogP contribution in [0.1, 0.15) is 45.1 Å². The molecule has 0 radical (unpaired) electrons. The maximum absolute atomic E-state index is 13.3. The van der Waals surface area contributed by atoms with Gasteiger partial charge in [-0.3, -0.25) is 14.6 Å². The first-order valence-corrected chi connectivity index (χ1v) is 13.1. The maximum atomic E-state index is 13.3. The molecule has 178 valence electrons. The van der Waals surface area contributed by atoms with Gasteiger partial charge in [0.15, 0.2) is 0 Å². The third kappa shape index (κ3) is 3.67. The molecule has 1 spiro atoms. The zero-order valence-corrected chi connectivity index (χ0v) is 20.1. The number of carbonyl (C=O) groups is 1. The number of piperazine rings is 1. The first-order valence-electron chi connectivity index (χ1n) is 13.1. The molecule has 0 aromatic heterocycles. The highest BCUT2D eigenvalue weighted by Crippen LogP contribution is 2.66. The van der Waals surface area contributed by atoms with Crippen LogP contribution in [0.25, 0.3) is 6.08 Å². The first kappa shape index (κ1) is 21.8. The van der Waals surface area contributed by atoms with Crippen LogP contribution in [0, 0.1) is 23.7 Å². The predicted octanol–water partition coefficient (Wildman–Crippen LogP) is 3.84. The molecular weight excluding hydrogens is 412 g/mol. The Morgan fingerprint density at radius 2 is 1.79 bits per heavy atom. The van der Waals surface area contributed by atoms with Crippen molar-refractivity contribution in [3.8, 4) is 0 Å². The lowest BCUT2D eigenvalue weighted by atomic mass is 9.55. The minimum atomic E-state index is -0.351. The summed E-state index contributed by atoms with van der Waals surface area (Å²) >= 11 is 0. The average molecular weight is 451 g/mol. The van der Waals surface area contributed by atoms with Crippen molar-refractivity contribution in [3.63, 3.8) is 0 Å². The number of benzene rings is 1. The van der Waals surface area contributed by atoms with Crippen molar-refractivity contribution in [1.82, 2.24) is 9.80 Å². The molecule has 0 bridgehead atoms. The summed E-state index contributed by atoms with van der Waals surface area (Å²) in [5, 5.41) is 0. The number of epoxide rings is 1. The van der Waals surface area contributed by atoms with Crippen LogP contribution < -0.4 is 0 Å². The number of nitrogens with zero attached hydrogens (tertiary/aromatic N) is 2. The van der Waals surface area contributed by atoms with E-state index in [4.69, 9.17) is 9.47 Å². The molecule has 3 heterocycles. The third-order valence-electron chi connectivity index (χ3n) is 9.48. The molecule has 33 heavy (non-hydrogen) atoms. The number of hydrogen-bond donors (Lipinski definition) is 0. The topological polar surface area (TPSA) is 45.3 Å². The standard InChI is InChI=1S/C28H38N2O3/c1-20-10-11-24-22(25(31)32-28(24)23(20)12-13-27(2)26(28)33-27)19-30-17-15-29(16-18-30)14-6-9-21-7-4-3-5-8-21/h3-9,20,22-24,26H,10-19H2,1-2H3. The van der Waals surface area contributed by atoms with E-state index in [-0.39, 0.29) is 29.2 Å². The number of hydrogen-bond acceptors (Lipinski definition) is 5. The highest BCUT2D eigenvalue weighted by Gasteiger charge is 2.77. The second-order valence-electron chi connectivity index (χ2n) is 11.4. The van der Waals surface area contributed by atoms with Gasteiger partial charge in [0.05, 0.1) is 11.5 Å². The smallest absolute Gasteiger partial charge is 0.311 e. The molecular formula is C28H38N2O3. The summed E-state index contributed by atoms with van der Waals surface area (Å²) in [5.41, 5.74) is 0.847. The first-order chi connectivity index (χ1) is 16.0. The van der Waals surface area contributed by atoms with Crippen LogP contribution in [0.5, 0.6) is 0 Å².